The third-order valence-electron chi connectivity index (χ3n) is 7.03. The van der Waals surface area contributed by atoms with Crippen LogP contribution in [0.15, 0.2) is 60.7 Å². The minimum Gasteiger partial charge on any atom is -0.333 e. The maximum Gasteiger partial charge on any atom is 0.245 e. The molecular formula is C33H46N4O2. The molecule has 0 aliphatic rings. The maximum atomic E-state index is 13.4. The Balaban J connectivity index is 1.73. The van der Waals surface area contributed by atoms with Crippen molar-refractivity contribution in [1.29, 1.82) is 0 Å². The van der Waals surface area contributed by atoms with Crippen LogP contribution in [0.25, 0.3) is 5.69 Å². The summed E-state index contributed by atoms with van der Waals surface area (Å²) in [4.78, 5) is 28.3. The van der Waals surface area contributed by atoms with E-state index in [-0.39, 0.29) is 23.8 Å². The van der Waals surface area contributed by atoms with E-state index in [1.54, 1.807) is 9.58 Å². The predicted octanol–water partition coefficient (Wildman–Crippen LogP) is 7.24. The average molecular weight is 531 g/mol. The molecule has 1 heterocycles. The molecule has 3 aromatic rings. The number of hydrogen-bond acceptors (Lipinski definition) is 3. The number of unbranched alkanes of at least 4 members (excludes halogenated alkanes) is 5. The summed E-state index contributed by atoms with van der Waals surface area (Å²) in [6.07, 6.45) is 7.93. The van der Waals surface area contributed by atoms with Gasteiger partial charge in [-0.15, -0.1) is 0 Å². The van der Waals surface area contributed by atoms with E-state index in [9.17, 15) is 9.59 Å². The second-order valence-corrected chi connectivity index (χ2v) is 11.5. The van der Waals surface area contributed by atoms with Crippen LogP contribution >= 0.6 is 0 Å². The molecule has 0 aliphatic heterocycles. The molecular weight excluding hydrogens is 484 g/mol. The molecule has 0 spiro atoms. The molecule has 1 N–H and O–H groups in total. The first kappa shape index (κ1) is 30.1. The molecule has 0 saturated heterocycles. The Labute approximate surface area is 234 Å². The Hall–Kier alpha value is -3.41. The SMILES string of the molecule is CCCCCCCCC(=O)N(CCc1ccccc1)CC(=O)Nc1cc(C(C)(C)C)nn1-c1ccccc1C. The summed E-state index contributed by atoms with van der Waals surface area (Å²) in [7, 11) is 0. The Bertz CT molecular complexity index is 1190. The average Bonchev–Trinajstić information content (AvgIpc) is 3.33. The summed E-state index contributed by atoms with van der Waals surface area (Å²) >= 11 is 0. The van der Waals surface area contributed by atoms with Crippen molar-refractivity contribution in [2.75, 3.05) is 18.4 Å². The minimum atomic E-state index is -0.213. The Morgan fingerprint density at radius 2 is 1.59 bits per heavy atom. The number of aryl methyl sites for hydroxylation is 1. The molecule has 2 aromatic carbocycles. The van der Waals surface area contributed by atoms with E-state index in [0.29, 0.717) is 25.2 Å². The van der Waals surface area contributed by atoms with Crippen LogP contribution in [0, 0.1) is 6.92 Å². The normalized spacial score (nSPS) is 11.4. The van der Waals surface area contributed by atoms with Gasteiger partial charge in [0.05, 0.1) is 17.9 Å². The minimum absolute atomic E-state index is 0.0192. The number of nitrogens with zero attached hydrogens (tertiary/aromatic N) is 3. The number of nitrogens with one attached hydrogen (secondary N) is 1. The van der Waals surface area contributed by atoms with Crippen molar-refractivity contribution in [3.8, 4) is 5.69 Å². The highest BCUT2D eigenvalue weighted by atomic mass is 16.2. The fourth-order valence-corrected chi connectivity index (χ4v) is 4.59. The molecule has 6 nitrogen and oxygen atoms in total. The number of hydrogen-bond donors (Lipinski definition) is 1. The van der Waals surface area contributed by atoms with Crippen LogP contribution < -0.4 is 5.32 Å². The monoisotopic (exact) mass is 530 g/mol. The highest BCUT2D eigenvalue weighted by Crippen LogP contribution is 2.27. The zero-order valence-corrected chi connectivity index (χ0v) is 24.5. The molecule has 1 aromatic heterocycles. The maximum absolute atomic E-state index is 13.4. The molecule has 6 heteroatoms. The van der Waals surface area contributed by atoms with E-state index in [2.05, 4.69) is 45.1 Å². The number of aromatic nitrogens is 2. The lowest BCUT2D eigenvalue weighted by molar-refractivity contribution is -0.134. The number of carbonyl (C=O) groups excluding carboxylic acids is 2. The summed E-state index contributed by atoms with van der Waals surface area (Å²) < 4.78 is 1.81. The molecule has 39 heavy (non-hydrogen) atoms. The van der Waals surface area contributed by atoms with Crippen LogP contribution in [-0.2, 0) is 21.4 Å². The molecule has 0 bridgehead atoms. The Morgan fingerprint density at radius 1 is 0.923 bits per heavy atom. The van der Waals surface area contributed by atoms with Gasteiger partial charge in [0.1, 0.15) is 5.82 Å². The number of benzene rings is 2. The van der Waals surface area contributed by atoms with Crippen LogP contribution in [0.4, 0.5) is 5.82 Å². The van der Waals surface area contributed by atoms with Crippen molar-refractivity contribution in [2.45, 2.75) is 91.4 Å². The van der Waals surface area contributed by atoms with Crippen molar-refractivity contribution in [1.82, 2.24) is 14.7 Å². The molecule has 0 fully saturated rings. The van der Waals surface area contributed by atoms with E-state index in [4.69, 9.17) is 5.10 Å². The molecule has 2 amide bonds. The van der Waals surface area contributed by atoms with Gasteiger partial charge >= 0.3 is 0 Å². The van der Waals surface area contributed by atoms with Gasteiger partial charge in [-0.2, -0.15) is 5.10 Å². The number of amides is 2. The fraction of sp³-hybridized carbons (Fsp3) is 0.485. The molecule has 0 atom stereocenters. The van der Waals surface area contributed by atoms with Crippen molar-refractivity contribution >= 4 is 17.6 Å². The first-order valence-corrected chi connectivity index (χ1v) is 14.5. The summed E-state index contributed by atoms with van der Waals surface area (Å²) in [5, 5.41) is 7.92. The number of anilines is 1. The number of rotatable bonds is 14. The van der Waals surface area contributed by atoms with Gasteiger partial charge in [0.25, 0.3) is 0 Å². The lowest BCUT2D eigenvalue weighted by Gasteiger charge is -2.23. The molecule has 0 saturated carbocycles. The van der Waals surface area contributed by atoms with E-state index in [1.807, 2.05) is 55.5 Å². The van der Waals surface area contributed by atoms with Gasteiger partial charge in [0.15, 0.2) is 0 Å². The van der Waals surface area contributed by atoms with Gasteiger partial charge in [-0.1, -0.05) is 108 Å². The van der Waals surface area contributed by atoms with Gasteiger partial charge in [0.2, 0.25) is 11.8 Å². The summed E-state index contributed by atoms with van der Waals surface area (Å²) in [5.41, 5.74) is 3.85. The summed E-state index contributed by atoms with van der Waals surface area (Å²) in [5.74, 6) is 0.444. The van der Waals surface area contributed by atoms with E-state index < -0.39 is 0 Å². The predicted molar refractivity (Wildman–Crippen MR) is 160 cm³/mol. The van der Waals surface area contributed by atoms with Gasteiger partial charge in [-0.25, -0.2) is 4.68 Å². The third-order valence-corrected chi connectivity index (χ3v) is 7.03. The van der Waals surface area contributed by atoms with Crippen LogP contribution in [0.1, 0.15) is 89.5 Å². The van der Waals surface area contributed by atoms with Crippen LogP contribution in [0.3, 0.4) is 0 Å². The smallest absolute Gasteiger partial charge is 0.245 e. The molecule has 0 unspecified atom stereocenters. The third kappa shape index (κ3) is 9.38. The lowest BCUT2D eigenvalue weighted by atomic mass is 9.92. The first-order valence-electron chi connectivity index (χ1n) is 14.5. The second-order valence-electron chi connectivity index (χ2n) is 11.5. The van der Waals surface area contributed by atoms with Gasteiger partial charge in [-0.05, 0) is 37.0 Å². The zero-order valence-electron chi connectivity index (χ0n) is 24.5. The van der Waals surface area contributed by atoms with Crippen molar-refractivity contribution in [3.63, 3.8) is 0 Å². The van der Waals surface area contributed by atoms with E-state index >= 15 is 0 Å². The standard InChI is InChI=1S/C33H46N4O2/c1-6-7-8-9-10-14-21-32(39)36(23-22-27-18-12-11-13-19-27)25-31(38)34-30-24-29(33(3,4)5)35-37(30)28-20-16-15-17-26(28)2/h11-13,15-20,24H,6-10,14,21-23,25H2,1-5H3,(H,34,38). The molecule has 3 rings (SSSR count). The van der Waals surface area contributed by atoms with Gasteiger partial charge in [0, 0.05) is 24.4 Å². The number of para-hydroxylation sites is 1. The van der Waals surface area contributed by atoms with E-state index in [1.165, 1.54) is 19.3 Å². The van der Waals surface area contributed by atoms with E-state index in [0.717, 1.165) is 41.8 Å². The van der Waals surface area contributed by atoms with Crippen LogP contribution in [0.2, 0.25) is 0 Å². The fourth-order valence-electron chi connectivity index (χ4n) is 4.59. The van der Waals surface area contributed by atoms with Crippen molar-refractivity contribution in [3.05, 3.63) is 77.5 Å². The van der Waals surface area contributed by atoms with Crippen molar-refractivity contribution in [2.24, 2.45) is 0 Å². The molecule has 0 aliphatic carbocycles. The van der Waals surface area contributed by atoms with Gasteiger partial charge < -0.3 is 10.2 Å². The molecule has 210 valence electrons. The van der Waals surface area contributed by atoms with Crippen LogP contribution in [0.5, 0.6) is 0 Å². The first-order chi connectivity index (χ1) is 18.7. The second kappa shape index (κ2) is 14.7. The Kier molecular flexibility index (Phi) is 11.3. The molecule has 0 radical (unpaired) electrons. The highest BCUT2D eigenvalue weighted by molar-refractivity contribution is 5.94. The summed E-state index contributed by atoms with van der Waals surface area (Å²) in [6, 6.07) is 20.1. The quantitative estimate of drug-likeness (QED) is 0.223. The topological polar surface area (TPSA) is 67.2 Å². The van der Waals surface area contributed by atoms with Gasteiger partial charge in [-0.3, -0.25) is 9.59 Å². The van der Waals surface area contributed by atoms with Crippen molar-refractivity contribution < 1.29 is 9.59 Å². The summed E-state index contributed by atoms with van der Waals surface area (Å²) in [6.45, 7) is 11.1. The Morgan fingerprint density at radius 3 is 2.28 bits per heavy atom. The highest BCUT2D eigenvalue weighted by Gasteiger charge is 2.23. The lowest BCUT2D eigenvalue weighted by Crippen LogP contribution is -2.39. The van der Waals surface area contributed by atoms with Crippen LogP contribution in [-0.4, -0.2) is 39.6 Å². The zero-order chi connectivity index (χ0) is 28.3. The number of carbonyl (C=O) groups is 2. The largest absolute Gasteiger partial charge is 0.333 e.